The van der Waals surface area contributed by atoms with Crippen LogP contribution in [0.5, 0.6) is 5.75 Å². The Morgan fingerprint density at radius 3 is 2.12 bits per heavy atom. The van der Waals surface area contributed by atoms with Gasteiger partial charge in [-0.1, -0.05) is 77.8 Å². The summed E-state index contributed by atoms with van der Waals surface area (Å²) in [4.78, 5) is 0. The molecule has 0 aromatic heterocycles. The second kappa shape index (κ2) is 14.8. The van der Waals surface area contributed by atoms with Gasteiger partial charge in [-0.25, -0.2) is 0 Å². The van der Waals surface area contributed by atoms with Gasteiger partial charge in [0.1, 0.15) is 5.75 Å². The number of ether oxygens (including phenoxy) is 2. The Bertz CT molecular complexity index is 1520. The SMILES string of the molecule is COc1ccccc1-c1ccc2c(c1)C(C(C)OCCc1cccc(Cl)c1)=CC(C)(C)N2.OCCc1cccc(Cl)c1. The minimum atomic E-state index is -0.154. The molecule has 1 aliphatic heterocycles. The Balaban J connectivity index is 0.000000343. The fourth-order valence-corrected chi connectivity index (χ4v) is 5.51. The molecule has 0 aliphatic carbocycles. The monoisotopic (exact) mass is 603 g/mol. The lowest BCUT2D eigenvalue weighted by molar-refractivity contribution is 0.106. The molecule has 1 aliphatic rings. The third-order valence-corrected chi connectivity index (χ3v) is 7.57. The average Bonchev–Trinajstić information content (AvgIpc) is 2.96. The van der Waals surface area contributed by atoms with Gasteiger partial charge in [0.2, 0.25) is 0 Å². The summed E-state index contributed by atoms with van der Waals surface area (Å²) >= 11 is 11.8. The van der Waals surface area contributed by atoms with Crippen molar-refractivity contribution >= 4 is 34.5 Å². The van der Waals surface area contributed by atoms with Gasteiger partial charge in [-0.05, 0) is 98.3 Å². The largest absolute Gasteiger partial charge is 0.496 e. The Labute approximate surface area is 259 Å². The van der Waals surface area contributed by atoms with Gasteiger partial charge in [0.05, 0.1) is 25.4 Å². The second-order valence-electron chi connectivity index (χ2n) is 10.9. The molecule has 0 saturated heterocycles. The van der Waals surface area contributed by atoms with Gasteiger partial charge >= 0.3 is 0 Å². The summed E-state index contributed by atoms with van der Waals surface area (Å²) in [6.07, 6.45) is 3.75. The predicted molar refractivity (Wildman–Crippen MR) is 177 cm³/mol. The highest BCUT2D eigenvalue weighted by molar-refractivity contribution is 6.30. The van der Waals surface area contributed by atoms with Gasteiger partial charge in [-0.15, -0.1) is 0 Å². The lowest BCUT2D eigenvalue weighted by Gasteiger charge is -2.34. The molecule has 5 rings (SSSR count). The van der Waals surface area contributed by atoms with Crippen molar-refractivity contribution in [1.29, 1.82) is 0 Å². The molecule has 6 heteroatoms. The normalized spacial score (nSPS) is 14.0. The molecule has 0 radical (unpaired) electrons. The van der Waals surface area contributed by atoms with Crippen LogP contribution in [0.3, 0.4) is 0 Å². The number of methoxy groups -OCH3 is 1. The number of aliphatic hydroxyl groups is 1. The molecule has 4 aromatic rings. The minimum Gasteiger partial charge on any atom is -0.496 e. The van der Waals surface area contributed by atoms with Crippen LogP contribution in [0.1, 0.15) is 37.5 Å². The number of halogens is 2. The van der Waals surface area contributed by atoms with E-state index in [4.69, 9.17) is 37.8 Å². The summed E-state index contributed by atoms with van der Waals surface area (Å²) in [6.45, 7) is 7.31. The molecule has 42 heavy (non-hydrogen) atoms. The standard InChI is InChI=1S/C28H30ClNO2.C8H9ClO/c1-19(32-15-14-20-8-7-9-22(29)16-20)25-18-28(2,3)30-26-13-12-21(17-24(25)26)23-10-5-6-11-27(23)31-4;9-8-3-1-2-7(6-8)4-5-10/h5-13,16-19,30H,14-15H2,1-4H3;1-3,6,10H,4-5H2. The first-order valence-corrected chi connectivity index (χ1v) is 14.9. The van der Waals surface area contributed by atoms with E-state index in [1.165, 1.54) is 16.7 Å². The van der Waals surface area contributed by atoms with Crippen LogP contribution in [-0.2, 0) is 17.6 Å². The summed E-state index contributed by atoms with van der Waals surface area (Å²) in [5.74, 6) is 0.868. The summed E-state index contributed by atoms with van der Waals surface area (Å²) < 4.78 is 11.9. The maximum atomic E-state index is 8.57. The van der Waals surface area contributed by atoms with E-state index < -0.39 is 0 Å². The van der Waals surface area contributed by atoms with Gasteiger partial charge in [-0.3, -0.25) is 0 Å². The van der Waals surface area contributed by atoms with Crippen LogP contribution in [0.25, 0.3) is 16.7 Å². The molecule has 4 nitrogen and oxygen atoms in total. The Hall–Kier alpha value is -3.28. The first-order chi connectivity index (χ1) is 20.2. The highest BCUT2D eigenvalue weighted by Gasteiger charge is 2.27. The molecule has 0 saturated carbocycles. The molecule has 0 fully saturated rings. The first kappa shape index (κ1) is 31.7. The quantitative estimate of drug-likeness (QED) is 0.200. The molecule has 220 valence electrons. The molecular weight excluding hydrogens is 565 g/mol. The van der Waals surface area contributed by atoms with Crippen molar-refractivity contribution in [2.45, 2.75) is 45.3 Å². The van der Waals surface area contributed by atoms with Crippen LogP contribution in [-0.4, -0.2) is 37.1 Å². The van der Waals surface area contributed by atoms with E-state index in [0.717, 1.165) is 44.6 Å². The highest BCUT2D eigenvalue weighted by atomic mass is 35.5. The lowest BCUT2D eigenvalue weighted by atomic mass is 9.86. The number of fused-ring (bicyclic) bond motifs is 1. The second-order valence-corrected chi connectivity index (χ2v) is 11.8. The van der Waals surface area contributed by atoms with Crippen LogP contribution >= 0.6 is 23.2 Å². The molecule has 0 amide bonds. The van der Waals surface area contributed by atoms with Crippen LogP contribution in [0, 0.1) is 0 Å². The number of anilines is 1. The van der Waals surface area contributed by atoms with Crippen LogP contribution in [0.15, 0.2) is 97.1 Å². The smallest absolute Gasteiger partial charge is 0.126 e. The van der Waals surface area contributed by atoms with Gasteiger partial charge in [-0.2, -0.15) is 0 Å². The van der Waals surface area contributed by atoms with Crippen molar-refractivity contribution < 1.29 is 14.6 Å². The molecule has 0 spiro atoms. The maximum absolute atomic E-state index is 8.57. The molecule has 1 atom stereocenters. The van der Waals surface area contributed by atoms with Crippen molar-refractivity contribution in [2.24, 2.45) is 0 Å². The number of rotatable bonds is 9. The average molecular weight is 605 g/mol. The molecular formula is C36H39Cl2NO3. The summed E-state index contributed by atoms with van der Waals surface area (Å²) in [6, 6.07) is 30.1. The van der Waals surface area contributed by atoms with Gasteiger partial charge in [0.25, 0.3) is 0 Å². The fraction of sp³-hybridized carbons (Fsp3) is 0.278. The fourth-order valence-electron chi connectivity index (χ4n) is 5.09. The van der Waals surface area contributed by atoms with Crippen LogP contribution in [0.2, 0.25) is 10.0 Å². The predicted octanol–water partition coefficient (Wildman–Crippen LogP) is 9.13. The number of benzene rings is 4. The van der Waals surface area contributed by atoms with E-state index in [2.05, 4.69) is 62.5 Å². The topological polar surface area (TPSA) is 50.7 Å². The third-order valence-electron chi connectivity index (χ3n) is 7.10. The van der Waals surface area contributed by atoms with Crippen LogP contribution < -0.4 is 10.1 Å². The highest BCUT2D eigenvalue weighted by Crippen LogP contribution is 2.40. The van der Waals surface area contributed by atoms with Crippen molar-refractivity contribution in [3.63, 3.8) is 0 Å². The molecule has 4 aromatic carbocycles. The van der Waals surface area contributed by atoms with Crippen molar-refractivity contribution in [1.82, 2.24) is 0 Å². The van der Waals surface area contributed by atoms with Crippen LogP contribution in [0.4, 0.5) is 5.69 Å². The molecule has 1 unspecified atom stereocenters. The Morgan fingerprint density at radius 2 is 1.48 bits per heavy atom. The third kappa shape index (κ3) is 8.62. The van der Waals surface area contributed by atoms with Crippen molar-refractivity contribution in [2.75, 3.05) is 25.6 Å². The van der Waals surface area contributed by atoms with E-state index in [1.54, 1.807) is 7.11 Å². The maximum Gasteiger partial charge on any atom is 0.126 e. The van der Waals surface area contributed by atoms with E-state index in [0.29, 0.717) is 13.0 Å². The minimum absolute atomic E-state index is 0.0396. The van der Waals surface area contributed by atoms with E-state index in [9.17, 15) is 0 Å². The van der Waals surface area contributed by atoms with E-state index >= 15 is 0 Å². The van der Waals surface area contributed by atoms with Crippen molar-refractivity contribution in [3.05, 3.63) is 124 Å². The zero-order chi connectivity index (χ0) is 30.1. The number of aliphatic hydroxyl groups excluding tert-OH is 1. The van der Waals surface area contributed by atoms with Crippen molar-refractivity contribution in [3.8, 4) is 16.9 Å². The molecule has 2 N–H and O–H groups in total. The molecule has 1 heterocycles. The van der Waals surface area contributed by atoms with Gasteiger partial charge in [0, 0.05) is 33.5 Å². The summed E-state index contributed by atoms with van der Waals surface area (Å²) in [5.41, 5.74) is 7.80. The van der Waals surface area contributed by atoms with Gasteiger partial charge in [0.15, 0.2) is 0 Å². The number of para-hydroxylation sites is 1. The van der Waals surface area contributed by atoms with E-state index in [-0.39, 0.29) is 18.2 Å². The van der Waals surface area contributed by atoms with E-state index in [1.807, 2.05) is 60.7 Å². The zero-order valence-electron chi connectivity index (χ0n) is 24.7. The Morgan fingerprint density at radius 1 is 0.810 bits per heavy atom. The lowest BCUT2D eigenvalue weighted by Crippen LogP contribution is -2.33. The first-order valence-electron chi connectivity index (χ1n) is 14.2. The number of hydrogen-bond acceptors (Lipinski definition) is 4. The number of nitrogens with one attached hydrogen (secondary N) is 1. The summed E-state index contributed by atoms with van der Waals surface area (Å²) in [7, 11) is 1.71. The van der Waals surface area contributed by atoms with Gasteiger partial charge < -0.3 is 19.9 Å². The number of hydrogen-bond donors (Lipinski definition) is 2. The summed E-state index contributed by atoms with van der Waals surface area (Å²) in [5, 5.41) is 13.7. The Kier molecular flexibility index (Phi) is 11.1. The molecule has 0 bridgehead atoms. The zero-order valence-corrected chi connectivity index (χ0v) is 26.2.